The zero-order valence-electron chi connectivity index (χ0n) is 18.1. The second-order valence-corrected chi connectivity index (χ2v) is 8.88. The van der Waals surface area contributed by atoms with Crippen LogP contribution in [-0.4, -0.2) is 70.6 Å². The average Bonchev–Trinajstić information content (AvgIpc) is 3.13. The number of likely N-dealkylation sites (N-methyl/N-ethyl adjacent to an activating group) is 1. The molecule has 1 aromatic carbocycles. The van der Waals surface area contributed by atoms with Gasteiger partial charge < -0.3 is 19.5 Å². The lowest BCUT2D eigenvalue weighted by molar-refractivity contribution is -0.928. The molecule has 1 aliphatic carbocycles. The zero-order chi connectivity index (χ0) is 21.5. The van der Waals surface area contributed by atoms with Crippen LogP contribution < -0.4 is 0 Å². The maximum absolute atomic E-state index is 13.3. The van der Waals surface area contributed by atoms with Crippen molar-refractivity contribution in [2.75, 3.05) is 33.2 Å². The number of aromatic nitrogens is 1. The van der Waals surface area contributed by atoms with Crippen LogP contribution in [0.5, 0.6) is 0 Å². The molecular formula is C24H32N3O3+. The van der Waals surface area contributed by atoms with Crippen molar-refractivity contribution in [3.05, 3.63) is 41.6 Å². The summed E-state index contributed by atoms with van der Waals surface area (Å²) in [6, 6.07) is 6.59. The standard InChI is InChI=1S/C24H31N3O3/c1-4-26(5-2)24(30)17-12-19-18-8-6-9-20-23(18)16(14-25-20)13-21(19)27(3,15-17)11-7-10-22(28)29/h6,8-9,12,14,17,21,25H,4-5,7,10-11,13,15H2,1-3H3/p+1/t17-,21-,27?/m1/s1. The van der Waals surface area contributed by atoms with Gasteiger partial charge in [-0.1, -0.05) is 18.2 Å². The van der Waals surface area contributed by atoms with Gasteiger partial charge in [0.1, 0.15) is 12.0 Å². The van der Waals surface area contributed by atoms with Gasteiger partial charge >= 0.3 is 5.97 Å². The largest absolute Gasteiger partial charge is 0.481 e. The molecule has 2 aromatic rings. The SMILES string of the molecule is CCN(CC)C(=O)[C@@H]1C=C2c3cccc4[nH]cc(c34)C[C@H]2[N+](C)(CCCC(=O)O)C1. The number of aromatic amines is 1. The number of aliphatic carboxylic acids is 1. The van der Waals surface area contributed by atoms with Crippen LogP contribution in [-0.2, 0) is 16.0 Å². The number of nitrogens with zero attached hydrogens (tertiary/aromatic N) is 2. The van der Waals surface area contributed by atoms with E-state index in [9.17, 15) is 9.59 Å². The third-order valence-corrected chi connectivity index (χ3v) is 7.07. The minimum atomic E-state index is -0.758. The summed E-state index contributed by atoms with van der Waals surface area (Å²) in [6.45, 7) is 6.94. The Morgan fingerprint density at radius 1 is 1.27 bits per heavy atom. The van der Waals surface area contributed by atoms with Crippen LogP contribution in [0.15, 0.2) is 30.5 Å². The first kappa shape index (κ1) is 20.7. The molecule has 3 atom stereocenters. The first-order valence-electron chi connectivity index (χ1n) is 11.0. The predicted octanol–water partition coefficient (Wildman–Crippen LogP) is 3.29. The topological polar surface area (TPSA) is 73.4 Å². The summed E-state index contributed by atoms with van der Waals surface area (Å²) in [5.74, 6) is -0.756. The lowest BCUT2D eigenvalue weighted by Crippen LogP contribution is -2.60. The van der Waals surface area contributed by atoms with Gasteiger partial charge in [0.2, 0.25) is 5.91 Å². The second kappa shape index (κ2) is 7.91. The van der Waals surface area contributed by atoms with Gasteiger partial charge in [-0.3, -0.25) is 9.59 Å². The third kappa shape index (κ3) is 3.43. The number of carboxylic acid groups (broad SMARTS) is 1. The van der Waals surface area contributed by atoms with Crippen molar-refractivity contribution in [1.82, 2.24) is 9.88 Å². The lowest BCUT2D eigenvalue weighted by Gasteiger charge is -2.49. The van der Waals surface area contributed by atoms with E-state index in [2.05, 4.69) is 42.5 Å². The molecule has 6 heteroatoms. The Morgan fingerprint density at radius 3 is 2.73 bits per heavy atom. The minimum Gasteiger partial charge on any atom is -0.481 e. The summed E-state index contributed by atoms with van der Waals surface area (Å²) < 4.78 is 0.706. The Labute approximate surface area is 177 Å². The molecule has 0 spiro atoms. The van der Waals surface area contributed by atoms with Crippen molar-refractivity contribution in [3.8, 4) is 0 Å². The number of amides is 1. The van der Waals surface area contributed by atoms with Gasteiger partial charge in [-0.05, 0) is 31.0 Å². The summed E-state index contributed by atoms with van der Waals surface area (Å²) in [7, 11) is 2.21. The summed E-state index contributed by atoms with van der Waals surface area (Å²) in [4.78, 5) is 29.8. The fourth-order valence-electron chi connectivity index (χ4n) is 5.52. The van der Waals surface area contributed by atoms with E-state index >= 15 is 0 Å². The maximum Gasteiger partial charge on any atom is 0.303 e. The van der Waals surface area contributed by atoms with Crippen molar-refractivity contribution in [1.29, 1.82) is 0 Å². The number of H-pyrrole nitrogens is 1. The number of carbonyl (C=O) groups is 2. The molecule has 4 rings (SSSR count). The van der Waals surface area contributed by atoms with E-state index in [-0.39, 0.29) is 24.3 Å². The summed E-state index contributed by atoms with van der Waals surface area (Å²) in [5.41, 5.74) is 4.93. The summed E-state index contributed by atoms with van der Waals surface area (Å²) >= 11 is 0. The average molecular weight is 411 g/mol. The van der Waals surface area contributed by atoms with E-state index < -0.39 is 5.97 Å². The van der Waals surface area contributed by atoms with E-state index in [1.54, 1.807) is 0 Å². The first-order chi connectivity index (χ1) is 14.4. The number of benzene rings is 1. The maximum atomic E-state index is 13.3. The van der Waals surface area contributed by atoms with Crippen LogP contribution in [0.2, 0.25) is 0 Å². The molecule has 160 valence electrons. The van der Waals surface area contributed by atoms with Crippen molar-refractivity contribution in [2.24, 2.45) is 5.92 Å². The number of rotatable bonds is 7. The van der Waals surface area contributed by atoms with Crippen LogP contribution >= 0.6 is 0 Å². The monoisotopic (exact) mass is 410 g/mol. The highest BCUT2D eigenvalue weighted by molar-refractivity contribution is 5.99. The van der Waals surface area contributed by atoms with E-state index in [4.69, 9.17) is 5.11 Å². The van der Waals surface area contributed by atoms with Crippen molar-refractivity contribution in [3.63, 3.8) is 0 Å². The molecule has 0 saturated heterocycles. The molecule has 2 N–H and O–H groups in total. The number of carboxylic acids is 1. The van der Waals surface area contributed by atoms with Crippen molar-refractivity contribution in [2.45, 2.75) is 39.2 Å². The number of quaternary nitrogens is 1. The van der Waals surface area contributed by atoms with Gasteiger partial charge in [0.25, 0.3) is 0 Å². The van der Waals surface area contributed by atoms with Gasteiger partial charge in [-0.2, -0.15) is 0 Å². The molecule has 1 amide bonds. The molecule has 0 radical (unpaired) electrons. The highest BCUT2D eigenvalue weighted by Crippen LogP contribution is 2.44. The van der Waals surface area contributed by atoms with Crippen LogP contribution in [0.3, 0.4) is 0 Å². The number of carbonyl (C=O) groups excluding carboxylic acids is 1. The highest BCUT2D eigenvalue weighted by Gasteiger charge is 2.46. The number of hydrogen-bond donors (Lipinski definition) is 2. The van der Waals surface area contributed by atoms with Crippen LogP contribution in [0, 0.1) is 5.92 Å². The molecule has 2 heterocycles. The van der Waals surface area contributed by atoms with E-state index in [1.165, 1.54) is 22.1 Å². The van der Waals surface area contributed by atoms with E-state index in [1.807, 2.05) is 18.7 Å². The van der Waals surface area contributed by atoms with Crippen LogP contribution in [0.25, 0.3) is 16.5 Å². The fourth-order valence-corrected chi connectivity index (χ4v) is 5.52. The Bertz CT molecular complexity index is 1000. The molecule has 1 unspecified atom stereocenters. The Balaban J connectivity index is 1.78. The number of nitrogens with one attached hydrogen (secondary N) is 1. The summed E-state index contributed by atoms with van der Waals surface area (Å²) in [5, 5.41) is 10.4. The van der Waals surface area contributed by atoms with E-state index in [0.29, 0.717) is 24.0 Å². The lowest BCUT2D eigenvalue weighted by atomic mass is 9.78. The Hall–Kier alpha value is -2.60. The second-order valence-electron chi connectivity index (χ2n) is 8.88. The molecule has 1 aliphatic heterocycles. The molecule has 0 fully saturated rings. The first-order valence-corrected chi connectivity index (χ1v) is 11.0. The predicted molar refractivity (Wildman–Crippen MR) is 118 cm³/mol. The molecule has 1 aromatic heterocycles. The van der Waals surface area contributed by atoms with Crippen molar-refractivity contribution < 1.29 is 19.2 Å². The van der Waals surface area contributed by atoms with Gasteiger partial charge in [0.05, 0.1) is 26.6 Å². The third-order valence-electron chi connectivity index (χ3n) is 7.07. The number of fused-ring (bicyclic) bond motifs is 2. The van der Waals surface area contributed by atoms with Crippen molar-refractivity contribution >= 4 is 28.4 Å². The molecule has 6 nitrogen and oxygen atoms in total. The molecular weight excluding hydrogens is 378 g/mol. The van der Waals surface area contributed by atoms with E-state index in [0.717, 1.165) is 25.0 Å². The summed E-state index contributed by atoms with van der Waals surface area (Å²) in [6.07, 6.45) is 6.02. The fraction of sp³-hybridized carbons (Fsp3) is 0.500. The minimum absolute atomic E-state index is 0.166. The Morgan fingerprint density at radius 2 is 2.03 bits per heavy atom. The normalized spacial score (nSPS) is 25.0. The van der Waals surface area contributed by atoms with Gasteiger partial charge in [-0.15, -0.1) is 0 Å². The van der Waals surface area contributed by atoms with Crippen LogP contribution in [0.4, 0.5) is 0 Å². The zero-order valence-corrected chi connectivity index (χ0v) is 18.1. The highest BCUT2D eigenvalue weighted by atomic mass is 16.4. The molecule has 2 aliphatic rings. The molecule has 0 saturated carbocycles. The van der Waals surface area contributed by atoms with Crippen LogP contribution in [0.1, 0.15) is 37.8 Å². The van der Waals surface area contributed by atoms with Gasteiger partial charge in [0, 0.05) is 48.6 Å². The smallest absolute Gasteiger partial charge is 0.303 e. The molecule has 30 heavy (non-hydrogen) atoms. The van der Waals surface area contributed by atoms with Gasteiger partial charge in [0.15, 0.2) is 0 Å². The quantitative estimate of drug-likeness (QED) is 0.688. The Kier molecular flexibility index (Phi) is 5.45. The molecule has 0 bridgehead atoms. The van der Waals surface area contributed by atoms with Gasteiger partial charge in [-0.25, -0.2) is 0 Å². The number of hydrogen-bond acceptors (Lipinski definition) is 2.